The number of rotatable bonds is 4. The zero-order chi connectivity index (χ0) is 12.8. The van der Waals surface area contributed by atoms with Crippen LogP contribution >= 0.6 is 11.6 Å². The third-order valence-corrected chi connectivity index (χ3v) is 2.33. The van der Waals surface area contributed by atoms with Crippen molar-refractivity contribution >= 4 is 29.3 Å². The van der Waals surface area contributed by atoms with Crippen molar-refractivity contribution in [3.8, 4) is 0 Å². The molecule has 0 atom stereocenters. The maximum atomic E-state index is 13.2. The van der Waals surface area contributed by atoms with Crippen LogP contribution in [0.4, 0.5) is 10.1 Å². The van der Waals surface area contributed by atoms with Crippen LogP contribution in [0.1, 0.15) is 18.9 Å². The second-order valence-electron chi connectivity index (χ2n) is 3.31. The van der Waals surface area contributed by atoms with Crippen molar-refractivity contribution in [3.05, 3.63) is 34.6 Å². The molecule has 1 aromatic carbocycles. The summed E-state index contributed by atoms with van der Waals surface area (Å²) in [5.41, 5.74) is 5.82. The van der Waals surface area contributed by atoms with Crippen LogP contribution in [0.15, 0.2) is 18.2 Å². The molecule has 1 rings (SSSR count). The van der Waals surface area contributed by atoms with E-state index in [1.807, 2.05) is 0 Å². The lowest BCUT2D eigenvalue weighted by molar-refractivity contribution is -0.142. The summed E-state index contributed by atoms with van der Waals surface area (Å²) in [5.74, 6) is -0.874. The van der Waals surface area contributed by atoms with Gasteiger partial charge in [0.2, 0.25) is 0 Å². The lowest BCUT2D eigenvalue weighted by Gasteiger charge is -2.02. The number of esters is 1. The lowest BCUT2D eigenvalue weighted by Crippen LogP contribution is -2.01. The van der Waals surface area contributed by atoms with Crippen molar-refractivity contribution in [2.24, 2.45) is 0 Å². The van der Waals surface area contributed by atoms with E-state index < -0.39 is 5.82 Å². The highest BCUT2D eigenvalue weighted by molar-refractivity contribution is 6.32. The Hall–Kier alpha value is -1.55. The van der Waals surface area contributed by atoms with Crippen molar-refractivity contribution < 1.29 is 13.9 Å². The molecular weight excluding hydrogens is 245 g/mol. The topological polar surface area (TPSA) is 52.3 Å². The molecule has 2 N–H and O–H groups in total. The first-order chi connectivity index (χ1) is 8.04. The van der Waals surface area contributed by atoms with E-state index in [4.69, 9.17) is 22.1 Å². The average molecular weight is 258 g/mol. The zero-order valence-electron chi connectivity index (χ0n) is 9.37. The fourth-order valence-corrected chi connectivity index (χ4v) is 1.44. The van der Waals surface area contributed by atoms with Crippen LogP contribution in [0.2, 0.25) is 5.02 Å². The van der Waals surface area contributed by atoms with E-state index in [1.165, 1.54) is 12.1 Å². The minimum Gasteiger partial charge on any atom is -0.466 e. The molecule has 17 heavy (non-hydrogen) atoms. The van der Waals surface area contributed by atoms with E-state index >= 15 is 0 Å². The normalized spacial score (nSPS) is 10.8. The van der Waals surface area contributed by atoms with Crippen LogP contribution in [0.25, 0.3) is 6.08 Å². The second-order valence-corrected chi connectivity index (χ2v) is 3.71. The smallest absolute Gasteiger partial charge is 0.309 e. The SMILES string of the molecule is CCOC(=O)CC=Cc1cc(F)c(N)cc1Cl. The Bertz CT molecular complexity index is 446. The number of ether oxygens (including phenoxy) is 1. The Morgan fingerprint density at radius 2 is 2.29 bits per heavy atom. The van der Waals surface area contributed by atoms with E-state index in [-0.39, 0.29) is 18.1 Å². The van der Waals surface area contributed by atoms with Crippen molar-refractivity contribution in [3.63, 3.8) is 0 Å². The lowest BCUT2D eigenvalue weighted by atomic mass is 10.1. The van der Waals surface area contributed by atoms with Gasteiger partial charge in [-0.15, -0.1) is 0 Å². The summed E-state index contributed by atoms with van der Waals surface area (Å²) in [4.78, 5) is 11.0. The highest BCUT2D eigenvalue weighted by Gasteiger charge is 2.04. The average Bonchev–Trinajstić information content (AvgIpc) is 2.26. The van der Waals surface area contributed by atoms with E-state index in [0.29, 0.717) is 17.2 Å². The summed E-state index contributed by atoms with van der Waals surface area (Å²) >= 11 is 5.86. The Labute approximate surface area is 104 Å². The molecule has 0 aliphatic heterocycles. The number of carbonyl (C=O) groups excluding carboxylic acids is 1. The largest absolute Gasteiger partial charge is 0.466 e. The standard InChI is InChI=1S/C12H13ClFNO2/c1-2-17-12(16)5-3-4-8-6-10(14)11(15)7-9(8)13/h3-4,6-7H,2,5,15H2,1H3. The van der Waals surface area contributed by atoms with Gasteiger partial charge in [0, 0.05) is 0 Å². The van der Waals surface area contributed by atoms with E-state index in [1.54, 1.807) is 19.1 Å². The molecule has 0 saturated heterocycles. The predicted molar refractivity (Wildman–Crippen MR) is 66.1 cm³/mol. The highest BCUT2D eigenvalue weighted by Crippen LogP contribution is 2.23. The number of benzene rings is 1. The number of hydrogen-bond donors (Lipinski definition) is 1. The Morgan fingerprint density at radius 3 is 2.94 bits per heavy atom. The molecule has 0 aromatic heterocycles. The third kappa shape index (κ3) is 4.07. The Kier molecular flexibility index (Phi) is 4.97. The maximum Gasteiger partial charge on any atom is 0.309 e. The van der Waals surface area contributed by atoms with Gasteiger partial charge in [-0.1, -0.05) is 23.8 Å². The number of hydrogen-bond acceptors (Lipinski definition) is 3. The van der Waals surface area contributed by atoms with Gasteiger partial charge < -0.3 is 10.5 Å². The molecule has 0 saturated carbocycles. The van der Waals surface area contributed by atoms with Gasteiger partial charge in [0.1, 0.15) is 5.82 Å². The molecule has 0 radical (unpaired) electrons. The van der Waals surface area contributed by atoms with Crippen LogP contribution in [-0.4, -0.2) is 12.6 Å². The van der Waals surface area contributed by atoms with Crippen LogP contribution in [-0.2, 0) is 9.53 Å². The first-order valence-corrected chi connectivity index (χ1v) is 5.49. The molecule has 0 aliphatic carbocycles. The van der Waals surface area contributed by atoms with Crippen LogP contribution in [0, 0.1) is 5.82 Å². The molecule has 0 bridgehead atoms. The molecule has 0 heterocycles. The molecule has 0 aliphatic rings. The summed E-state index contributed by atoms with van der Waals surface area (Å²) in [7, 11) is 0. The monoisotopic (exact) mass is 257 g/mol. The zero-order valence-corrected chi connectivity index (χ0v) is 10.1. The number of carbonyl (C=O) groups is 1. The van der Waals surface area contributed by atoms with Gasteiger partial charge in [0.15, 0.2) is 0 Å². The van der Waals surface area contributed by atoms with Crippen LogP contribution in [0.5, 0.6) is 0 Å². The minimum absolute atomic E-state index is 0.00228. The van der Waals surface area contributed by atoms with Gasteiger partial charge in [0.25, 0.3) is 0 Å². The van der Waals surface area contributed by atoms with Gasteiger partial charge in [0.05, 0.1) is 23.7 Å². The molecule has 92 valence electrons. The molecular formula is C12H13ClFNO2. The summed E-state index contributed by atoms with van der Waals surface area (Å²) < 4.78 is 17.9. The molecule has 1 aromatic rings. The number of anilines is 1. The number of nitrogen functional groups attached to an aromatic ring is 1. The quantitative estimate of drug-likeness (QED) is 0.666. The highest BCUT2D eigenvalue weighted by atomic mass is 35.5. The summed E-state index contributed by atoms with van der Waals surface area (Å²) in [6.45, 7) is 2.07. The van der Waals surface area contributed by atoms with E-state index in [2.05, 4.69) is 0 Å². The van der Waals surface area contributed by atoms with Crippen LogP contribution in [0.3, 0.4) is 0 Å². The minimum atomic E-state index is -0.537. The second kappa shape index (κ2) is 6.25. The van der Waals surface area contributed by atoms with Crippen molar-refractivity contribution in [2.45, 2.75) is 13.3 Å². The fourth-order valence-electron chi connectivity index (χ4n) is 1.21. The molecule has 0 fully saturated rings. The molecule has 0 spiro atoms. The molecule has 0 amide bonds. The molecule has 5 heteroatoms. The Morgan fingerprint density at radius 1 is 1.59 bits per heavy atom. The van der Waals surface area contributed by atoms with E-state index in [9.17, 15) is 9.18 Å². The summed E-state index contributed by atoms with van der Waals surface area (Å²) in [6, 6.07) is 2.56. The third-order valence-electron chi connectivity index (χ3n) is 2.00. The van der Waals surface area contributed by atoms with Crippen molar-refractivity contribution in [2.75, 3.05) is 12.3 Å². The predicted octanol–water partition coefficient (Wildman–Crippen LogP) is 3.03. The fraction of sp³-hybridized carbons (Fsp3) is 0.250. The van der Waals surface area contributed by atoms with Crippen LogP contribution < -0.4 is 5.73 Å². The van der Waals surface area contributed by atoms with Gasteiger partial charge >= 0.3 is 5.97 Å². The van der Waals surface area contributed by atoms with Gasteiger partial charge in [-0.2, -0.15) is 0 Å². The molecule has 3 nitrogen and oxygen atoms in total. The number of halogens is 2. The van der Waals surface area contributed by atoms with E-state index in [0.717, 1.165) is 0 Å². The molecule has 0 unspecified atom stereocenters. The first-order valence-electron chi connectivity index (χ1n) is 5.11. The summed E-state index contributed by atoms with van der Waals surface area (Å²) in [6.07, 6.45) is 3.24. The summed E-state index contributed by atoms with van der Waals surface area (Å²) in [5, 5.41) is 0.337. The number of nitrogens with two attached hydrogens (primary N) is 1. The van der Waals surface area contributed by atoms with Gasteiger partial charge in [-0.3, -0.25) is 4.79 Å². The van der Waals surface area contributed by atoms with Gasteiger partial charge in [-0.25, -0.2) is 4.39 Å². The maximum absolute atomic E-state index is 13.2. The Balaban J connectivity index is 2.71. The van der Waals surface area contributed by atoms with Gasteiger partial charge in [-0.05, 0) is 24.6 Å². The van der Waals surface area contributed by atoms with Crippen molar-refractivity contribution in [1.82, 2.24) is 0 Å². The first kappa shape index (κ1) is 13.5. The van der Waals surface area contributed by atoms with Crippen molar-refractivity contribution in [1.29, 1.82) is 0 Å².